The van der Waals surface area contributed by atoms with Gasteiger partial charge in [-0.25, -0.2) is 0 Å². The van der Waals surface area contributed by atoms with Gasteiger partial charge in [-0.15, -0.1) is 0 Å². The number of benzene rings is 1. The number of nitrogens with one attached hydrogen (secondary N) is 1. The van der Waals surface area contributed by atoms with E-state index in [4.69, 9.17) is 0 Å². The van der Waals surface area contributed by atoms with E-state index < -0.39 is 0 Å². The fourth-order valence-electron chi connectivity index (χ4n) is 2.60. The van der Waals surface area contributed by atoms with Crippen molar-refractivity contribution < 1.29 is 0 Å². The SMILES string of the molecule is Cc1ccc2c(c1)C1C=CCCC1N2. The first-order valence-electron chi connectivity index (χ1n) is 5.38. The third-order valence-electron chi connectivity index (χ3n) is 3.33. The standard InChI is InChI=1S/C13H15N/c1-9-6-7-13-11(8-9)10-4-2-3-5-12(10)14-13/h2,4,6-8,10,12,14H,3,5H2,1H3. The molecule has 1 aromatic carbocycles. The van der Waals surface area contributed by atoms with Crippen molar-refractivity contribution in [1.82, 2.24) is 0 Å². The number of fused-ring (bicyclic) bond motifs is 3. The lowest BCUT2D eigenvalue weighted by Gasteiger charge is -2.20. The third kappa shape index (κ3) is 1.08. The van der Waals surface area contributed by atoms with Gasteiger partial charge in [0.2, 0.25) is 0 Å². The van der Waals surface area contributed by atoms with Crippen LogP contribution in [0.15, 0.2) is 30.4 Å². The van der Waals surface area contributed by atoms with E-state index in [-0.39, 0.29) is 0 Å². The van der Waals surface area contributed by atoms with E-state index in [9.17, 15) is 0 Å². The van der Waals surface area contributed by atoms with Crippen molar-refractivity contribution in [2.45, 2.75) is 31.7 Å². The van der Waals surface area contributed by atoms with Crippen molar-refractivity contribution in [3.63, 3.8) is 0 Å². The number of hydrogen-bond acceptors (Lipinski definition) is 1. The molecular weight excluding hydrogens is 170 g/mol. The van der Waals surface area contributed by atoms with E-state index in [2.05, 4.69) is 42.6 Å². The van der Waals surface area contributed by atoms with Crippen LogP contribution in [-0.2, 0) is 0 Å². The molecule has 0 fully saturated rings. The highest BCUT2D eigenvalue weighted by Gasteiger charge is 2.30. The summed E-state index contributed by atoms with van der Waals surface area (Å²) in [5.41, 5.74) is 4.20. The van der Waals surface area contributed by atoms with Crippen LogP contribution in [0.1, 0.15) is 29.9 Å². The lowest BCUT2D eigenvalue weighted by molar-refractivity contribution is 0.606. The Hall–Kier alpha value is -1.24. The minimum absolute atomic E-state index is 0.624. The van der Waals surface area contributed by atoms with Crippen LogP contribution in [0.25, 0.3) is 0 Å². The molecule has 72 valence electrons. The Morgan fingerprint density at radius 3 is 3.21 bits per heavy atom. The first-order chi connectivity index (χ1) is 6.84. The van der Waals surface area contributed by atoms with E-state index in [1.807, 2.05) is 0 Å². The quantitative estimate of drug-likeness (QED) is 0.612. The van der Waals surface area contributed by atoms with Gasteiger partial charge < -0.3 is 5.32 Å². The van der Waals surface area contributed by atoms with Crippen molar-refractivity contribution in [2.24, 2.45) is 0 Å². The molecule has 0 saturated carbocycles. The second-order valence-corrected chi connectivity index (χ2v) is 4.37. The Balaban J connectivity index is 2.09. The van der Waals surface area contributed by atoms with Gasteiger partial charge in [0.25, 0.3) is 0 Å². The molecule has 2 atom stereocenters. The zero-order chi connectivity index (χ0) is 9.54. The summed E-state index contributed by atoms with van der Waals surface area (Å²) in [6.45, 7) is 2.17. The van der Waals surface area contributed by atoms with Gasteiger partial charge in [-0.2, -0.15) is 0 Å². The Morgan fingerprint density at radius 2 is 2.29 bits per heavy atom. The van der Waals surface area contributed by atoms with Crippen LogP contribution in [0.3, 0.4) is 0 Å². The summed E-state index contributed by atoms with van der Waals surface area (Å²) in [4.78, 5) is 0. The minimum Gasteiger partial charge on any atom is -0.381 e. The van der Waals surface area contributed by atoms with Gasteiger partial charge in [0, 0.05) is 17.6 Å². The smallest absolute Gasteiger partial charge is 0.0382 e. The average Bonchev–Trinajstić information content (AvgIpc) is 2.56. The van der Waals surface area contributed by atoms with Crippen molar-refractivity contribution in [3.05, 3.63) is 41.5 Å². The molecule has 1 heteroatoms. The highest BCUT2D eigenvalue weighted by Crippen LogP contribution is 2.40. The van der Waals surface area contributed by atoms with E-state index in [0.29, 0.717) is 12.0 Å². The summed E-state index contributed by atoms with van der Waals surface area (Å²) in [5, 5.41) is 3.61. The normalized spacial score (nSPS) is 28.1. The Bertz CT molecular complexity index is 392. The first kappa shape index (κ1) is 8.10. The second kappa shape index (κ2) is 2.88. The van der Waals surface area contributed by atoms with Crippen molar-refractivity contribution in [1.29, 1.82) is 0 Å². The van der Waals surface area contributed by atoms with Crippen molar-refractivity contribution >= 4 is 5.69 Å². The third-order valence-corrected chi connectivity index (χ3v) is 3.33. The molecule has 1 aromatic rings. The van der Waals surface area contributed by atoms with Gasteiger partial charge in [-0.3, -0.25) is 0 Å². The zero-order valence-corrected chi connectivity index (χ0v) is 8.46. The number of anilines is 1. The van der Waals surface area contributed by atoms with Gasteiger partial charge in [0.15, 0.2) is 0 Å². The van der Waals surface area contributed by atoms with E-state index in [1.165, 1.54) is 29.7 Å². The van der Waals surface area contributed by atoms with Crippen LogP contribution in [0, 0.1) is 6.92 Å². The highest BCUT2D eigenvalue weighted by molar-refractivity contribution is 5.62. The second-order valence-electron chi connectivity index (χ2n) is 4.37. The van der Waals surface area contributed by atoms with Gasteiger partial charge in [-0.1, -0.05) is 29.8 Å². The van der Waals surface area contributed by atoms with Crippen LogP contribution in [0.4, 0.5) is 5.69 Å². The molecule has 0 amide bonds. The molecule has 1 nitrogen and oxygen atoms in total. The molecule has 2 aliphatic rings. The zero-order valence-electron chi connectivity index (χ0n) is 8.46. The van der Waals surface area contributed by atoms with E-state index in [0.717, 1.165) is 0 Å². The lowest BCUT2D eigenvalue weighted by Crippen LogP contribution is -2.21. The van der Waals surface area contributed by atoms with Crippen LogP contribution >= 0.6 is 0 Å². The summed E-state index contributed by atoms with van der Waals surface area (Å²) < 4.78 is 0. The topological polar surface area (TPSA) is 12.0 Å². The summed E-state index contributed by atoms with van der Waals surface area (Å²) in [7, 11) is 0. The molecule has 3 rings (SSSR count). The van der Waals surface area contributed by atoms with Crippen LogP contribution < -0.4 is 5.32 Å². The van der Waals surface area contributed by atoms with Crippen molar-refractivity contribution in [2.75, 3.05) is 5.32 Å². The molecule has 1 N–H and O–H groups in total. The van der Waals surface area contributed by atoms with Crippen LogP contribution in [-0.4, -0.2) is 6.04 Å². The number of rotatable bonds is 0. The number of aryl methyl sites for hydroxylation is 1. The number of allylic oxidation sites excluding steroid dienone is 1. The van der Waals surface area contributed by atoms with E-state index >= 15 is 0 Å². The molecule has 14 heavy (non-hydrogen) atoms. The maximum atomic E-state index is 3.61. The molecular formula is C13H15N. The van der Waals surface area contributed by atoms with Gasteiger partial charge in [0.1, 0.15) is 0 Å². The molecule has 0 bridgehead atoms. The van der Waals surface area contributed by atoms with Gasteiger partial charge >= 0.3 is 0 Å². The predicted molar refractivity (Wildman–Crippen MR) is 59.7 cm³/mol. The van der Waals surface area contributed by atoms with E-state index in [1.54, 1.807) is 0 Å². The molecule has 0 saturated heterocycles. The average molecular weight is 185 g/mol. The maximum Gasteiger partial charge on any atom is 0.0382 e. The first-order valence-corrected chi connectivity index (χ1v) is 5.38. The number of hydrogen-bond donors (Lipinski definition) is 1. The lowest BCUT2D eigenvalue weighted by atomic mass is 9.87. The molecule has 1 aliphatic heterocycles. The molecule has 1 aliphatic carbocycles. The molecule has 1 heterocycles. The van der Waals surface area contributed by atoms with Gasteiger partial charge in [-0.05, 0) is 31.4 Å². The van der Waals surface area contributed by atoms with Crippen molar-refractivity contribution in [3.8, 4) is 0 Å². The molecule has 0 aromatic heterocycles. The predicted octanol–water partition coefficient (Wildman–Crippen LogP) is 3.22. The summed E-state index contributed by atoms with van der Waals surface area (Å²) in [5.74, 6) is 0.624. The fourth-order valence-corrected chi connectivity index (χ4v) is 2.60. The maximum absolute atomic E-state index is 3.61. The molecule has 2 unspecified atom stereocenters. The Morgan fingerprint density at radius 1 is 1.36 bits per heavy atom. The minimum atomic E-state index is 0.624. The summed E-state index contributed by atoms with van der Waals surface area (Å²) in [6, 6.07) is 7.38. The highest BCUT2D eigenvalue weighted by atomic mass is 15.0. The van der Waals surface area contributed by atoms with Gasteiger partial charge in [0.05, 0.1) is 0 Å². The largest absolute Gasteiger partial charge is 0.381 e. The molecule has 0 spiro atoms. The van der Waals surface area contributed by atoms with Crippen LogP contribution in [0.2, 0.25) is 0 Å². The van der Waals surface area contributed by atoms with Crippen LogP contribution in [0.5, 0.6) is 0 Å². The Kier molecular flexibility index (Phi) is 1.66. The fraction of sp³-hybridized carbons (Fsp3) is 0.385. The Labute approximate surface area is 84.8 Å². The molecule has 0 radical (unpaired) electrons. The monoisotopic (exact) mass is 185 g/mol. The summed E-state index contributed by atoms with van der Waals surface area (Å²) in [6.07, 6.45) is 7.18. The summed E-state index contributed by atoms with van der Waals surface area (Å²) >= 11 is 0.